The van der Waals surface area contributed by atoms with Crippen LogP contribution in [0.15, 0.2) is 0 Å². The maximum Gasteiger partial charge on any atom is 0.122 e. The van der Waals surface area contributed by atoms with Gasteiger partial charge >= 0.3 is 0 Å². The third-order valence-electron chi connectivity index (χ3n) is 3.95. The maximum absolute atomic E-state index is 6.04. The number of hydrogen-bond acceptors (Lipinski definition) is 2. The van der Waals surface area contributed by atoms with E-state index in [1.807, 2.05) is 0 Å². The Kier molecular flexibility index (Phi) is 1.74. The predicted molar refractivity (Wildman–Crippen MR) is 48.5 cm³/mol. The van der Waals surface area contributed by atoms with Crippen molar-refractivity contribution in [3.05, 3.63) is 0 Å². The van der Waals surface area contributed by atoms with Crippen LogP contribution < -0.4 is 5.73 Å². The molecule has 12 heavy (non-hydrogen) atoms. The molecule has 0 aromatic carbocycles. The Bertz CT molecular complexity index is 178. The van der Waals surface area contributed by atoms with E-state index in [1.54, 1.807) is 7.11 Å². The Morgan fingerprint density at radius 1 is 1.33 bits per heavy atom. The quantitative estimate of drug-likeness (QED) is 0.637. The van der Waals surface area contributed by atoms with Gasteiger partial charge in [0.15, 0.2) is 0 Å². The predicted octanol–water partition coefficient (Wildman–Crippen LogP) is 1.60. The van der Waals surface area contributed by atoms with Crippen LogP contribution in [-0.4, -0.2) is 12.8 Å². The number of nitrogens with two attached hydrogens (primary N) is 1. The van der Waals surface area contributed by atoms with Crippen molar-refractivity contribution in [2.45, 2.75) is 32.4 Å². The van der Waals surface area contributed by atoms with Gasteiger partial charge in [-0.3, -0.25) is 0 Å². The van der Waals surface area contributed by atoms with E-state index in [9.17, 15) is 0 Å². The van der Waals surface area contributed by atoms with E-state index in [-0.39, 0.29) is 5.72 Å². The van der Waals surface area contributed by atoms with E-state index in [0.29, 0.717) is 11.8 Å². The highest BCUT2D eigenvalue weighted by Crippen LogP contribution is 2.62. The summed E-state index contributed by atoms with van der Waals surface area (Å²) in [6, 6.07) is 0. The number of hydrogen-bond donors (Lipinski definition) is 1. The second-order valence-corrected chi connectivity index (χ2v) is 4.75. The highest BCUT2D eigenvalue weighted by molar-refractivity contribution is 5.14. The number of rotatable bonds is 2. The van der Waals surface area contributed by atoms with Gasteiger partial charge in [-0.1, -0.05) is 13.8 Å². The number of fused-ring (bicyclic) bond motifs is 1. The summed E-state index contributed by atoms with van der Waals surface area (Å²) in [6.07, 6.45) is 2.57. The molecule has 0 spiro atoms. The van der Waals surface area contributed by atoms with Crippen molar-refractivity contribution in [2.75, 3.05) is 7.11 Å². The van der Waals surface area contributed by atoms with Crippen LogP contribution in [0.1, 0.15) is 26.7 Å². The lowest BCUT2D eigenvalue weighted by Gasteiger charge is -2.21. The molecule has 70 valence electrons. The second-order valence-electron chi connectivity index (χ2n) is 4.75. The fraction of sp³-hybridized carbons (Fsp3) is 1.00. The summed E-state index contributed by atoms with van der Waals surface area (Å²) < 4.78 is 5.32. The molecule has 2 unspecified atom stereocenters. The Balaban J connectivity index is 1.94. The average molecular weight is 169 g/mol. The van der Waals surface area contributed by atoms with Gasteiger partial charge in [-0.05, 0) is 24.7 Å². The lowest BCUT2D eigenvalue weighted by atomic mass is 9.90. The van der Waals surface area contributed by atoms with E-state index in [2.05, 4.69) is 13.8 Å². The second kappa shape index (κ2) is 2.46. The molecule has 0 aromatic heterocycles. The van der Waals surface area contributed by atoms with Crippen LogP contribution >= 0.6 is 0 Å². The van der Waals surface area contributed by atoms with Gasteiger partial charge in [0, 0.05) is 18.9 Å². The molecule has 0 aromatic rings. The maximum atomic E-state index is 6.04. The molecule has 2 rings (SSSR count). The minimum atomic E-state index is -0.231. The summed E-state index contributed by atoms with van der Waals surface area (Å²) in [5, 5.41) is 0. The van der Waals surface area contributed by atoms with Crippen LogP contribution in [0.2, 0.25) is 0 Å². The molecule has 2 saturated carbocycles. The van der Waals surface area contributed by atoms with Crippen LogP contribution in [0, 0.1) is 23.7 Å². The van der Waals surface area contributed by atoms with Crippen molar-refractivity contribution in [2.24, 2.45) is 29.4 Å². The largest absolute Gasteiger partial charge is 0.363 e. The smallest absolute Gasteiger partial charge is 0.122 e. The van der Waals surface area contributed by atoms with Crippen molar-refractivity contribution < 1.29 is 4.74 Å². The third-order valence-corrected chi connectivity index (χ3v) is 3.95. The van der Waals surface area contributed by atoms with Crippen LogP contribution in [0.3, 0.4) is 0 Å². The topological polar surface area (TPSA) is 35.2 Å². The minimum Gasteiger partial charge on any atom is -0.363 e. The van der Waals surface area contributed by atoms with Gasteiger partial charge in [0.2, 0.25) is 0 Å². The summed E-state index contributed by atoms with van der Waals surface area (Å²) in [5.41, 5.74) is 5.80. The van der Waals surface area contributed by atoms with Gasteiger partial charge < -0.3 is 10.5 Å². The highest BCUT2D eigenvalue weighted by Gasteiger charge is 2.67. The van der Waals surface area contributed by atoms with Crippen LogP contribution in [0.25, 0.3) is 0 Å². The van der Waals surface area contributed by atoms with Gasteiger partial charge in [0.25, 0.3) is 0 Å². The number of methoxy groups -OCH3 is 1. The van der Waals surface area contributed by atoms with Gasteiger partial charge in [0.1, 0.15) is 5.72 Å². The highest BCUT2D eigenvalue weighted by atomic mass is 16.5. The molecular formula is C10H19NO. The fourth-order valence-electron chi connectivity index (χ4n) is 2.83. The summed E-state index contributed by atoms with van der Waals surface area (Å²) in [7, 11) is 1.74. The Morgan fingerprint density at radius 3 is 2.17 bits per heavy atom. The molecule has 0 saturated heterocycles. The summed E-state index contributed by atoms with van der Waals surface area (Å²) in [4.78, 5) is 0. The van der Waals surface area contributed by atoms with E-state index < -0.39 is 0 Å². The summed E-state index contributed by atoms with van der Waals surface area (Å²) in [6.45, 7) is 4.61. The molecule has 2 aliphatic rings. The fourth-order valence-corrected chi connectivity index (χ4v) is 2.83. The molecule has 2 heteroatoms. The lowest BCUT2D eigenvalue weighted by Crippen LogP contribution is -2.32. The van der Waals surface area contributed by atoms with Crippen LogP contribution in [-0.2, 0) is 4.74 Å². The van der Waals surface area contributed by atoms with Crippen molar-refractivity contribution in [3.8, 4) is 0 Å². The van der Waals surface area contributed by atoms with Crippen LogP contribution in [0.5, 0.6) is 0 Å². The normalized spacial score (nSPS) is 51.2. The first-order valence-corrected chi connectivity index (χ1v) is 4.93. The SMILES string of the molecule is COC1(N)C2CC(C(C)C)CC21. The first-order chi connectivity index (χ1) is 5.59. The molecule has 0 heterocycles. The van der Waals surface area contributed by atoms with Gasteiger partial charge in [-0.2, -0.15) is 0 Å². The summed E-state index contributed by atoms with van der Waals surface area (Å²) in [5.74, 6) is 3.04. The van der Waals surface area contributed by atoms with E-state index in [1.165, 1.54) is 12.8 Å². The first kappa shape index (κ1) is 8.52. The molecule has 2 nitrogen and oxygen atoms in total. The van der Waals surface area contributed by atoms with Crippen LogP contribution in [0.4, 0.5) is 0 Å². The zero-order valence-electron chi connectivity index (χ0n) is 8.21. The van der Waals surface area contributed by atoms with Crippen molar-refractivity contribution >= 4 is 0 Å². The molecule has 2 aliphatic carbocycles. The molecule has 0 bridgehead atoms. The molecule has 2 N–H and O–H groups in total. The van der Waals surface area contributed by atoms with Crippen molar-refractivity contribution in [1.29, 1.82) is 0 Å². The Labute approximate surface area is 74.5 Å². The molecular weight excluding hydrogens is 150 g/mol. The van der Waals surface area contributed by atoms with Gasteiger partial charge in [-0.25, -0.2) is 0 Å². The lowest BCUT2D eigenvalue weighted by molar-refractivity contribution is 0.0421. The number of ether oxygens (including phenoxy) is 1. The first-order valence-electron chi connectivity index (χ1n) is 4.93. The minimum absolute atomic E-state index is 0.231. The van der Waals surface area contributed by atoms with Crippen molar-refractivity contribution in [1.82, 2.24) is 0 Å². The summed E-state index contributed by atoms with van der Waals surface area (Å²) >= 11 is 0. The Morgan fingerprint density at radius 2 is 1.83 bits per heavy atom. The average Bonchev–Trinajstić information content (AvgIpc) is 2.51. The van der Waals surface area contributed by atoms with Crippen molar-refractivity contribution in [3.63, 3.8) is 0 Å². The zero-order valence-corrected chi connectivity index (χ0v) is 8.21. The third kappa shape index (κ3) is 0.944. The van der Waals surface area contributed by atoms with Gasteiger partial charge in [0.05, 0.1) is 0 Å². The standard InChI is InChI=1S/C10H19NO/c1-6(2)7-4-8-9(5-7)10(8,11)12-3/h6-9H,4-5,11H2,1-3H3. The molecule has 0 aliphatic heterocycles. The molecule has 2 fully saturated rings. The van der Waals surface area contributed by atoms with E-state index in [4.69, 9.17) is 10.5 Å². The zero-order chi connectivity index (χ0) is 8.93. The molecule has 0 radical (unpaired) electrons. The van der Waals surface area contributed by atoms with E-state index >= 15 is 0 Å². The Hall–Kier alpha value is -0.0800. The van der Waals surface area contributed by atoms with E-state index in [0.717, 1.165) is 11.8 Å². The molecule has 2 atom stereocenters. The molecule has 0 amide bonds. The van der Waals surface area contributed by atoms with Gasteiger partial charge in [-0.15, -0.1) is 0 Å². The monoisotopic (exact) mass is 169 g/mol.